The molecule has 0 radical (unpaired) electrons. The average molecular weight is 396 g/mol. The van der Waals surface area contributed by atoms with E-state index < -0.39 is 25.1 Å². The molecular formula is C16H20N4O4S2. The van der Waals surface area contributed by atoms with Crippen molar-refractivity contribution in [2.45, 2.75) is 23.2 Å². The van der Waals surface area contributed by atoms with E-state index in [2.05, 4.69) is 10.2 Å². The largest absolute Gasteiger partial charge is 0.308 e. The Kier molecular flexibility index (Phi) is 5.26. The van der Waals surface area contributed by atoms with Crippen molar-refractivity contribution in [2.24, 2.45) is 7.05 Å². The highest BCUT2D eigenvalue weighted by atomic mass is 32.2. The Morgan fingerprint density at radius 2 is 1.73 bits per heavy atom. The van der Waals surface area contributed by atoms with Crippen LogP contribution in [0.2, 0.25) is 0 Å². The molecule has 3 rings (SSSR count). The van der Waals surface area contributed by atoms with Gasteiger partial charge in [0.25, 0.3) is 0 Å². The lowest BCUT2D eigenvalue weighted by Crippen LogP contribution is -2.42. The van der Waals surface area contributed by atoms with Crippen molar-refractivity contribution in [1.82, 2.24) is 19.1 Å². The van der Waals surface area contributed by atoms with Crippen molar-refractivity contribution in [3.05, 3.63) is 47.6 Å². The molecule has 0 N–H and O–H groups in total. The molecule has 0 spiro atoms. The molecule has 26 heavy (non-hydrogen) atoms. The minimum atomic E-state index is -3.62. The number of nitrogens with zero attached hydrogens (tertiary/aromatic N) is 4. The Morgan fingerprint density at radius 1 is 1.08 bits per heavy atom. The van der Waals surface area contributed by atoms with E-state index in [1.54, 1.807) is 7.05 Å². The first-order valence-corrected chi connectivity index (χ1v) is 11.2. The molecule has 8 nitrogen and oxygen atoms in total. The van der Waals surface area contributed by atoms with Crippen LogP contribution in [-0.4, -0.2) is 54.2 Å². The maximum Gasteiger partial charge on any atom is 0.249 e. The number of rotatable bonds is 5. The zero-order chi connectivity index (χ0) is 18.8. The molecule has 1 aliphatic heterocycles. The summed E-state index contributed by atoms with van der Waals surface area (Å²) in [6.45, 7) is 0.312. The number of hydrogen-bond acceptors (Lipinski definition) is 6. The van der Waals surface area contributed by atoms with Crippen molar-refractivity contribution in [1.29, 1.82) is 0 Å². The molecule has 140 valence electrons. The minimum Gasteiger partial charge on any atom is -0.308 e. The first kappa shape index (κ1) is 18.7. The summed E-state index contributed by atoms with van der Waals surface area (Å²) in [5.74, 6) is 0. The van der Waals surface area contributed by atoms with Gasteiger partial charge in [0.15, 0.2) is 0 Å². The molecule has 0 unspecified atom stereocenters. The quantitative estimate of drug-likeness (QED) is 0.749. The number of sulfonamides is 1. The predicted molar refractivity (Wildman–Crippen MR) is 97.2 cm³/mol. The molecule has 1 aliphatic rings. The fourth-order valence-corrected chi connectivity index (χ4v) is 5.85. The predicted octanol–water partition coefficient (Wildman–Crippen LogP) is 1.05. The smallest absolute Gasteiger partial charge is 0.249 e. The average Bonchev–Trinajstić information content (AvgIpc) is 3.08. The van der Waals surface area contributed by atoms with Crippen LogP contribution in [-0.2, 0) is 26.9 Å². The Labute approximate surface area is 153 Å². The fourth-order valence-electron chi connectivity index (χ4n) is 2.89. The second-order valence-corrected chi connectivity index (χ2v) is 10.1. The van der Waals surface area contributed by atoms with Gasteiger partial charge < -0.3 is 4.57 Å². The molecule has 1 fully saturated rings. The van der Waals surface area contributed by atoms with Crippen LogP contribution in [0.4, 0.5) is 0 Å². The summed E-state index contributed by atoms with van der Waals surface area (Å²) in [4.78, 5) is 0. The molecule has 1 aromatic heterocycles. The Morgan fingerprint density at radius 3 is 2.31 bits per heavy atom. The molecule has 1 aromatic carbocycles. The standard InChI is InChI=1S/C16H20N4O4S2/c1-19-13-17-18-16(19)26(23,24)15-7-10-20(11-8-15)25(21,22)12-9-14-5-3-2-4-6-14/h2-6,9,12-13,15H,7-8,10-11H2,1H3. The number of sulfone groups is 1. The molecule has 0 atom stereocenters. The van der Waals surface area contributed by atoms with E-state index >= 15 is 0 Å². The van der Waals surface area contributed by atoms with Gasteiger partial charge in [-0.05, 0) is 24.5 Å². The molecule has 2 aromatic rings. The zero-order valence-corrected chi connectivity index (χ0v) is 15.9. The number of benzene rings is 1. The summed E-state index contributed by atoms with van der Waals surface area (Å²) in [6.07, 6.45) is 3.33. The summed E-state index contributed by atoms with van der Waals surface area (Å²) < 4.78 is 52.9. The molecule has 0 amide bonds. The monoisotopic (exact) mass is 396 g/mol. The van der Waals surface area contributed by atoms with Crippen LogP contribution in [0.1, 0.15) is 18.4 Å². The molecule has 0 bridgehead atoms. The normalized spacial score (nSPS) is 17.7. The first-order chi connectivity index (χ1) is 12.3. The van der Waals surface area contributed by atoms with E-state index in [0.29, 0.717) is 0 Å². The second kappa shape index (κ2) is 7.29. The van der Waals surface area contributed by atoms with Gasteiger partial charge in [-0.25, -0.2) is 16.8 Å². The van der Waals surface area contributed by atoms with Crippen LogP contribution in [0, 0.1) is 0 Å². The maximum absolute atomic E-state index is 12.6. The fraction of sp³-hybridized carbons (Fsp3) is 0.375. The van der Waals surface area contributed by atoms with Gasteiger partial charge in [-0.2, -0.15) is 4.31 Å². The lowest BCUT2D eigenvalue weighted by atomic mass is 10.2. The summed E-state index contributed by atoms with van der Waals surface area (Å²) in [7, 11) is -5.64. The molecule has 10 heteroatoms. The molecule has 0 aliphatic carbocycles. The van der Waals surface area contributed by atoms with Crippen molar-refractivity contribution in [2.75, 3.05) is 13.1 Å². The van der Waals surface area contributed by atoms with Crippen molar-refractivity contribution < 1.29 is 16.8 Å². The lowest BCUT2D eigenvalue weighted by Gasteiger charge is -2.29. The minimum absolute atomic E-state index is 0.0808. The van der Waals surface area contributed by atoms with Gasteiger partial charge in [0.05, 0.1) is 5.25 Å². The molecule has 2 heterocycles. The van der Waals surface area contributed by atoms with E-state index in [1.807, 2.05) is 30.3 Å². The number of hydrogen-bond donors (Lipinski definition) is 0. The first-order valence-electron chi connectivity index (χ1n) is 8.12. The van der Waals surface area contributed by atoms with Crippen LogP contribution >= 0.6 is 0 Å². The maximum atomic E-state index is 12.6. The summed E-state index contributed by atoms with van der Waals surface area (Å²) in [5, 5.41) is 7.71. The highest BCUT2D eigenvalue weighted by molar-refractivity contribution is 7.92. The Bertz CT molecular complexity index is 990. The van der Waals surface area contributed by atoms with Crippen LogP contribution < -0.4 is 0 Å². The Balaban J connectivity index is 1.68. The summed E-state index contributed by atoms with van der Waals surface area (Å²) in [6, 6.07) is 9.13. The van der Waals surface area contributed by atoms with Gasteiger partial charge in [0.1, 0.15) is 6.33 Å². The van der Waals surface area contributed by atoms with Crippen molar-refractivity contribution in [3.63, 3.8) is 0 Å². The van der Waals surface area contributed by atoms with Crippen LogP contribution in [0.5, 0.6) is 0 Å². The van der Waals surface area contributed by atoms with Crippen molar-refractivity contribution in [3.8, 4) is 0 Å². The van der Waals surface area contributed by atoms with Gasteiger partial charge >= 0.3 is 0 Å². The van der Waals surface area contributed by atoms with E-state index in [-0.39, 0.29) is 31.1 Å². The number of piperidine rings is 1. The number of aryl methyl sites for hydroxylation is 1. The van der Waals surface area contributed by atoms with E-state index in [0.717, 1.165) is 5.56 Å². The Hall–Kier alpha value is -2.04. The van der Waals surface area contributed by atoms with Crippen LogP contribution in [0.3, 0.4) is 0 Å². The third-order valence-electron chi connectivity index (χ3n) is 4.36. The highest BCUT2D eigenvalue weighted by Crippen LogP contribution is 2.25. The van der Waals surface area contributed by atoms with E-state index in [4.69, 9.17) is 0 Å². The van der Waals surface area contributed by atoms with Gasteiger partial charge in [-0.1, -0.05) is 30.3 Å². The summed E-state index contributed by atoms with van der Waals surface area (Å²) in [5.41, 5.74) is 0.788. The lowest BCUT2D eigenvalue weighted by molar-refractivity contribution is 0.348. The molecule has 1 saturated heterocycles. The van der Waals surface area contributed by atoms with Gasteiger partial charge in [0, 0.05) is 25.5 Å². The second-order valence-electron chi connectivity index (χ2n) is 6.13. The highest BCUT2D eigenvalue weighted by Gasteiger charge is 2.36. The van der Waals surface area contributed by atoms with Gasteiger partial charge in [-0.15, -0.1) is 10.2 Å². The van der Waals surface area contributed by atoms with E-state index in [9.17, 15) is 16.8 Å². The SMILES string of the molecule is Cn1cnnc1S(=O)(=O)C1CCN(S(=O)(=O)C=Cc2ccccc2)CC1. The molecule has 0 saturated carbocycles. The summed E-state index contributed by atoms with van der Waals surface area (Å²) >= 11 is 0. The van der Waals surface area contributed by atoms with Gasteiger partial charge in [0.2, 0.25) is 25.0 Å². The van der Waals surface area contributed by atoms with Crippen LogP contribution in [0.25, 0.3) is 6.08 Å². The van der Waals surface area contributed by atoms with E-state index in [1.165, 1.54) is 26.7 Å². The van der Waals surface area contributed by atoms with Crippen LogP contribution in [0.15, 0.2) is 47.2 Å². The third-order valence-corrected chi connectivity index (χ3v) is 8.15. The van der Waals surface area contributed by atoms with Crippen molar-refractivity contribution >= 4 is 25.9 Å². The zero-order valence-electron chi connectivity index (χ0n) is 14.3. The third kappa shape index (κ3) is 3.87. The van der Waals surface area contributed by atoms with Gasteiger partial charge in [-0.3, -0.25) is 0 Å². The molecular weight excluding hydrogens is 376 g/mol. The topological polar surface area (TPSA) is 102 Å². The number of aromatic nitrogens is 3.